The zero-order chi connectivity index (χ0) is 12.8. The van der Waals surface area contributed by atoms with Crippen LogP contribution in [0.3, 0.4) is 0 Å². The number of benzene rings is 1. The van der Waals surface area contributed by atoms with E-state index in [0.29, 0.717) is 4.90 Å². The Morgan fingerprint density at radius 2 is 2.12 bits per heavy atom. The van der Waals surface area contributed by atoms with E-state index in [-0.39, 0.29) is 12.5 Å². The Kier molecular flexibility index (Phi) is 5.27. The molecule has 2 atom stereocenters. The molecular formula is C11H16N2O3S. The lowest BCUT2D eigenvalue weighted by Crippen LogP contribution is -2.33. The third kappa shape index (κ3) is 4.26. The highest BCUT2D eigenvalue weighted by molar-refractivity contribution is 7.83. The molecular weight excluding hydrogens is 240 g/mol. The van der Waals surface area contributed by atoms with E-state index in [1.807, 2.05) is 25.1 Å². The molecule has 3 N–H and O–H groups in total. The minimum absolute atomic E-state index is 0.0636. The fraction of sp³-hybridized carbons (Fsp3) is 0.364. The lowest BCUT2D eigenvalue weighted by atomic mass is 10.2. The second-order valence-electron chi connectivity index (χ2n) is 3.79. The monoisotopic (exact) mass is 256 g/mol. The largest absolute Gasteiger partial charge is 0.289 e. The standard InChI is InChI=1S/C11H16N2O3S/c1-8-5-3-4-6-10(8)17(16)13-9(2)7-11(14)12-15/h3-6,9,13,15H,7H2,1-2H3,(H,12,14). The molecule has 6 heteroatoms. The fourth-order valence-corrected chi connectivity index (χ4v) is 2.51. The summed E-state index contributed by atoms with van der Waals surface area (Å²) in [7, 11) is -1.36. The van der Waals surface area contributed by atoms with Crippen molar-refractivity contribution in [1.29, 1.82) is 0 Å². The van der Waals surface area contributed by atoms with Gasteiger partial charge in [-0.1, -0.05) is 18.2 Å². The Morgan fingerprint density at radius 3 is 2.71 bits per heavy atom. The number of amides is 1. The minimum atomic E-state index is -1.36. The third-order valence-corrected chi connectivity index (χ3v) is 3.69. The molecule has 5 nitrogen and oxygen atoms in total. The molecule has 0 fully saturated rings. The minimum Gasteiger partial charge on any atom is -0.289 e. The second kappa shape index (κ2) is 6.48. The van der Waals surface area contributed by atoms with E-state index in [1.165, 1.54) is 0 Å². The molecule has 1 amide bonds. The molecule has 0 aliphatic rings. The quantitative estimate of drug-likeness (QED) is 0.541. The Balaban J connectivity index is 2.61. The second-order valence-corrected chi connectivity index (χ2v) is 5.01. The van der Waals surface area contributed by atoms with Gasteiger partial charge in [0.1, 0.15) is 11.0 Å². The van der Waals surface area contributed by atoms with Crippen molar-refractivity contribution in [3.8, 4) is 0 Å². The average molecular weight is 256 g/mol. The number of nitrogens with one attached hydrogen (secondary N) is 2. The molecule has 2 unspecified atom stereocenters. The first-order valence-electron chi connectivity index (χ1n) is 5.21. The van der Waals surface area contributed by atoms with Crippen molar-refractivity contribution in [2.75, 3.05) is 0 Å². The number of aryl methyl sites for hydroxylation is 1. The lowest BCUT2D eigenvalue weighted by molar-refractivity contribution is -0.129. The van der Waals surface area contributed by atoms with E-state index in [2.05, 4.69) is 4.72 Å². The zero-order valence-electron chi connectivity index (χ0n) is 9.77. The van der Waals surface area contributed by atoms with Gasteiger partial charge in [-0.15, -0.1) is 0 Å². The van der Waals surface area contributed by atoms with Crippen molar-refractivity contribution >= 4 is 16.9 Å². The van der Waals surface area contributed by atoms with Crippen LogP contribution in [0.25, 0.3) is 0 Å². The van der Waals surface area contributed by atoms with Crippen LogP contribution in [0.15, 0.2) is 29.2 Å². The molecule has 0 bridgehead atoms. The summed E-state index contributed by atoms with van der Waals surface area (Å²) >= 11 is 0. The Hall–Kier alpha value is -1.24. The molecule has 94 valence electrons. The molecule has 0 saturated heterocycles. The van der Waals surface area contributed by atoms with Gasteiger partial charge in [-0.25, -0.2) is 14.4 Å². The van der Waals surface area contributed by atoms with Gasteiger partial charge in [0.15, 0.2) is 0 Å². The SMILES string of the molecule is Cc1ccccc1S(=O)NC(C)CC(=O)NO. The fourth-order valence-electron chi connectivity index (χ4n) is 1.38. The smallest absolute Gasteiger partial charge is 0.244 e. The highest BCUT2D eigenvalue weighted by atomic mass is 32.2. The number of carbonyl (C=O) groups is 1. The Bertz CT molecular complexity index is 423. The van der Waals surface area contributed by atoms with E-state index in [1.54, 1.807) is 18.5 Å². The van der Waals surface area contributed by atoms with Crippen molar-refractivity contribution in [2.45, 2.75) is 31.2 Å². The molecule has 0 aliphatic carbocycles. The van der Waals surface area contributed by atoms with Crippen molar-refractivity contribution in [2.24, 2.45) is 0 Å². The summed E-state index contributed by atoms with van der Waals surface area (Å²) in [5.74, 6) is -0.508. The normalized spacial score (nSPS) is 14.1. The van der Waals surface area contributed by atoms with E-state index >= 15 is 0 Å². The predicted molar refractivity (Wildman–Crippen MR) is 64.7 cm³/mol. The molecule has 0 saturated carbocycles. The Morgan fingerprint density at radius 1 is 1.47 bits per heavy atom. The Labute approximate surface area is 103 Å². The van der Waals surface area contributed by atoms with Crippen LogP contribution in [0.2, 0.25) is 0 Å². The summed E-state index contributed by atoms with van der Waals surface area (Å²) in [6, 6.07) is 7.05. The van der Waals surface area contributed by atoms with Crippen molar-refractivity contribution in [3.63, 3.8) is 0 Å². The summed E-state index contributed by atoms with van der Waals surface area (Å²) in [5, 5.41) is 8.38. The highest BCUT2D eigenvalue weighted by Crippen LogP contribution is 2.11. The van der Waals surface area contributed by atoms with Gasteiger partial charge in [-0.05, 0) is 25.5 Å². The molecule has 17 heavy (non-hydrogen) atoms. The van der Waals surface area contributed by atoms with Crippen LogP contribution in [-0.2, 0) is 15.8 Å². The molecule has 0 spiro atoms. The molecule has 0 aromatic heterocycles. The zero-order valence-corrected chi connectivity index (χ0v) is 10.6. The maximum Gasteiger partial charge on any atom is 0.244 e. The van der Waals surface area contributed by atoms with Gasteiger partial charge in [-0.3, -0.25) is 10.0 Å². The van der Waals surface area contributed by atoms with E-state index in [9.17, 15) is 9.00 Å². The summed E-state index contributed by atoms with van der Waals surface area (Å²) < 4.78 is 14.8. The first-order chi connectivity index (χ1) is 8.04. The van der Waals surface area contributed by atoms with Crippen molar-refractivity contribution in [3.05, 3.63) is 29.8 Å². The highest BCUT2D eigenvalue weighted by Gasteiger charge is 2.13. The van der Waals surface area contributed by atoms with Crippen LogP contribution in [0.1, 0.15) is 18.9 Å². The summed E-state index contributed by atoms with van der Waals surface area (Å²) in [6.45, 7) is 3.60. The van der Waals surface area contributed by atoms with Gasteiger partial charge in [0.05, 0.1) is 4.90 Å². The first kappa shape index (κ1) is 13.8. The van der Waals surface area contributed by atoms with E-state index in [4.69, 9.17) is 5.21 Å². The lowest BCUT2D eigenvalue weighted by Gasteiger charge is -2.13. The predicted octanol–water partition coefficient (Wildman–Crippen LogP) is 0.891. The summed E-state index contributed by atoms with van der Waals surface area (Å²) in [4.78, 5) is 11.6. The van der Waals surface area contributed by atoms with Gasteiger partial charge in [0.25, 0.3) is 0 Å². The number of rotatable bonds is 5. The maximum absolute atomic E-state index is 12.0. The van der Waals surface area contributed by atoms with Gasteiger partial charge in [0, 0.05) is 12.5 Å². The van der Waals surface area contributed by atoms with Crippen LogP contribution in [-0.4, -0.2) is 21.4 Å². The molecule has 0 heterocycles. The van der Waals surface area contributed by atoms with Crippen LogP contribution >= 0.6 is 0 Å². The molecule has 0 radical (unpaired) electrons. The first-order valence-corrected chi connectivity index (χ1v) is 6.36. The van der Waals surface area contributed by atoms with Gasteiger partial charge >= 0.3 is 0 Å². The van der Waals surface area contributed by atoms with E-state index in [0.717, 1.165) is 5.56 Å². The molecule has 1 aromatic rings. The average Bonchev–Trinajstić information content (AvgIpc) is 2.29. The van der Waals surface area contributed by atoms with Crippen LogP contribution in [0, 0.1) is 6.92 Å². The number of hydrogen-bond donors (Lipinski definition) is 3. The van der Waals surface area contributed by atoms with Gasteiger partial charge < -0.3 is 0 Å². The molecule has 0 aliphatic heterocycles. The number of hydroxylamine groups is 1. The molecule has 1 rings (SSSR count). The van der Waals surface area contributed by atoms with Crippen LogP contribution < -0.4 is 10.2 Å². The van der Waals surface area contributed by atoms with Gasteiger partial charge in [-0.2, -0.15) is 0 Å². The van der Waals surface area contributed by atoms with Crippen molar-refractivity contribution in [1.82, 2.24) is 10.2 Å². The van der Waals surface area contributed by atoms with Gasteiger partial charge in [0.2, 0.25) is 5.91 Å². The summed E-state index contributed by atoms with van der Waals surface area (Å²) in [5.41, 5.74) is 2.47. The number of carbonyl (C=O) groups excluding carboxylic acids is 1. The molecule has 1 aromatic carbocycles. The summed E-state index contributed by atoms with van der Waals surface area (Å²) in [6.07, 6.45) is 0.0636. The van der Waals surface area contributed by atoms with Crippen LogP contribution in [0.5, 0.6) is 0 Å². The van der Waals surface area contributed by atoms with Crippen LogP contribution in [0.4, 0.5) is 0 Å². The number of hydrogen-bond acceptors (Lipinski definition) is 3. The third-order valence-electron chi connectivity index (χ3n) is 2.22. The van der Waals surface area contributed by atoms with E-state index < -0.39 is 16.9 Å². The maximum atomic E-state index is 12.0. The topological polar surface area (TPSA) is 78.4 Å². The van der Waals surface area contributed by atoms with Crippen molar-refractivity contribution < 1.29 is 14.2 Å².